The number of halogens is 1. The van der Waals surface area contributed by atoms with Crippen LogP contribution in [-0.4, -0.2) is 25.7 Å². The van der Waals surface area contributed by atoms with E-state index in [0.717, 1.165) is 25.6 Å². The van der Waals surface area contributed by atoms with Gasteiger partial charge >= 0.3 is 6.03 Å². The van der Waals surface area contributed by atoms with E-state index in [-0.39, 0.29) is 11.6 Å². The van der Waals surface area contributed by atoms with Crippen LogP contribution in [0.25, 0.3) is 0 Å². The predicted octanol–water partition coefficient (Wildman–Crippen LogP) is 3.35. The zero-order valence-electron chi connectivity index (χ0n) is 13.7. The molecular weight excluding hydrogens is 319 g/mol. The SMILES string of the molecule is N#Cc1cc(F)ccc1NC(=O)NCC1CCN(c2ccccc2)C1. The fraction of sp³-hybridized carbons (Fsp3) is 0.263. The first kappa shape index (κ1) is 16.8. The van der Waals surface area contributed by atoms with Crippen molar-refractivity contribution in [1.82, 2.24) is 5.32 Å². The van der Waals surface area contributed by atoms with E-state index in [1.54, 1.807) is 0 Å². The Balaban J connectivity index is 1.50. The van der Waals surface area contributed by atoms with Crippen molar-refractivity contribution in [3.05, 3.63) is 59.9 Å². The summed E-state index contributed by atoms with van der Waals surface area (Å²) in [5.41, 5.74) is 1.60. The average Bonchev–Trinajstić information content (AvgIpc) is 3.11. The summed E-state index contributed by atoms with van der Waals surface area (Å²) in [7, 11) is 0. The molecule has 0 bridgehead atoms. The number of rotatable bonds is 4. The summed E-state index contributed by atoms with van der Waals surface area (Å²) in [5, 5.41) is 14.4. The number of nitrogens with zero attached hydrogens (tertiary/aromatic N) is 2. The lowest BCUT2D eigenvalue weighted by Gasteiger charge is -2.18. The molecule has 1 saturated heterocycles. The zero-order valence-corrected chi connectivity index (χ0v) is 13.7. The van der Waals surface area contributed by atoms with Crippen LogP contribution in [-0.2, 0) is 0 Å². The molecule has 2 aromatic carbocycles. The van der Waals surface area contributed by atoms with Crippen LogP contribution >= 0.6 is 0 Å². The first-order chi connectivity index (χ1) is 12.2. The van der Waals surface area contributed by atoms with Crippen molar-refractivity contribution in [3.8, 4) is 6.07 Å². The number of amides is 2. The third kappa shape index (κ3) is 4.27. The van der Waals surface area contributed by atoms with Gasteiger partial charge in [-0.3, -0.25) is 0 Å². The molecule has 2 amide bonds. The van der Waals surface area contributed by atoms with Crippen LogP contribution in [0.15, 0.2) is 48.5 Å². The molecule has 2 aromatic rings. The summed E-state index contributed by atoms with van der Waals surface area (Å²) in [4.78, 5) is 14.3. The Labute approximate surface area is 146 Å². The van der Waals surface area contributed by atoms with Crippen molar-refractivity contribution in [2.75, 3.05) is 29.9 Å². The molecule has 1 fully saturated rings. The summed E-state index contributed by atoms with van der Waals surface area (Å²) < 4.78 is 13.1. The molecule has 0 aromatic heterocycles. The Morgan fingerprint density at radius 2 is 2.08 bits per heavy atom. The molecule has 128 valence electrons. The second-order valence-electron chi connectivity index (χ2n) is 6.07. The van der Waals surface area contributed by atoms with Crippen molar-refractivity contribution in [2.45, 2.75) is 6.42 Å². The second kappa shape index (κ2) is 7.67. The summed E-state index contributed by atoms with van der Waals surface area (Å²) in [6.45, 7) is 2.41. The van der Waals surface area contributed by atoms with Crippen LogP contribution in [0.4, 0.5) is 20.6 Å². The lowest BCUT2D eigenvalue weighted by Crippen LogP contribution is -2.34. The van der Waals surface area contributed by atoms with Gasteiger partial charge in [0, 0.05) is 25.3 Å². The number of carbonyl (C=O) groups is 1. The number of urea groups is 1. The fourth-order valence-electron chi connectivity index (χ4n) is 2.99. The van der Waals surface area contributed by atoms with Gasteiger partial charge in [-0.05, 0) is 42.7 Å². The molecule has 0 radical (unpaired) electrons. The van der Waals surface area contributed by atoms with Crippen LogP contribution in [0.5, 0.6) is 0 Å². The van der Waals surface area contributed by atoms with Gasteiger partial charge in [0.1, 0.15) is 11.9 Å². The van der Waals surface area contributed by atoms with E-state index in [9.17, 15) is 9.18 Å². The first-order valence-electron chi connectivity index (χ1n) is 8.20. The molecule has 1 atom stereocenters. The lowest BCUT2D eigenvalue weighted by molar-refractivity contribution is 0.250. The van der Waals surface area contributed by atoms with Crippen molar-refractivity contribution in [2.24, 2.45) is 5.92 Å². The first-order valence-corrected chi connectivity index (χ1v) is 8.20. The number of nitrogens with one attached hydrogen (secondary N) is 2. The summed E-state index contributed by atoms with van der Waals surface area (Å²) >= 11 is 0. The van der Waals surface area contributed by atoms with E-state index in [1.807, 2.05) is 24.3 Å². The van der Waals surface area contributed by atoms with Gasteiger partial charge in [-0.2, -0.15) is 5.26 Å². The number of hydrogen-bond acceptors (Lipinski definition) is 3. The molecule has 1 aliphatic heterocycles. The fourth-order valence-corrected chi connectivity index (χ4v) is 2.99. The van der Waals surface area contributed by atoms with E-state index in [0.29, 0.717) is 18.2 Å². The quantitative estimate of drug-likeness (QED) is 0.898. The Bertz CT molecular complexity index is 788. The van der Waals surface area contributed by atoms with Crippen LogP contribution in [0, 0.1) is 23.1 Å². The van der Waals surface area contributed by atoms with Gasteiger partial charge in [0.25, 0.3) is 0 Å². The average molecular weight is 338 g/mol. The molecule has 1 unspecified atom stereocenters. The molecule has 0 saturated carbocycles. The standard InChI is InChI=1S/C19H19FN4O/c20-16-6-7-18(15(10-16)11-21)23-19(25)22-12-14-8-9-24(13-14)17-4-2-1-3-5-17/h1-7,10,14H,8-9,12-13H2,(H2,22,23,25). The number of anilines is 2. The number of nitriles is 1. The van der Waals surface area contributed by atoms with Crippen molar-refractivity contribution >= 4 is 17.4 Å². The zero-order chi connectivity index (χ0) is 17.6. The minimum atomic E-state index is -0.505. The number of benzene rings is 2. The predicted molar refractivity (Wildman–Crippen MR) is 94.9 cm³/mol. The molecule has 3 rings (SSSR count). The van der Waals surface area contributed by atoms with Gasteiger partial charge < -0.3 is 15.5 Å². The van der Waals surface area contributed by atoms with E-state index in [1.165, 1.54) is 17.8 Å². The van der Waals surface area contributed by atoms with Gasteiger partial charge in [0.15, 0.2) is 0 Å². The largest absolute Gasteiger partial charge is 0.371 e. The molecule has 1 aliphatic rings. The molecule has 0 spiro atoms. The van der Waals surface area contributed by atoms with Crippen molar-refractivity contribution in [3.63, 3.8) is 0 Å². The number of hydrogen-bond donors (Lipinski definition) is 2. The Hall–Kier alpha value is -3.07. The normalized spacial score (nSPS) is 16.3. The highest BCUT2D eigenvalue weighted by molar-refractivity contribution is 5.90. The molecule has 0 aliphatic carbocycles. The van der Waals surface area contributed by atoms with Crippen LogP contribution < -0.4 is 15.5 Å². The Morgan fingerprint density at radius 1 is 1.28 bits per heavy atom. The highest BCUT2D eigenvalue weighted by Crippen LogP contribution is 2.23. The highest BCUT2D eigenvalue weighted by Gasteiger charge is 2.23. The van der Waals surface area contributed by atoms with Gasteiger partial charge in [-0.1, -0.05) is 18.2 Å². The minimum absolute atomic E-state index is 0.103. The highest BCUT2D eigenvalue weighted by atomic mass is 19.1. The maximum atomic E-state index is 13.1. The van der Waals surface area contributed by atoms with Crippen LogP contribution in [0.2, 0.25) is 0 Å². The summed E-state index contributed by atoms with van der Waals surface area (Å²) in [6.07, 6.45) is 1.01. The Kier molecular flexibility index (Phi) is 5.14. The maximum absolute atomic E-state index is 13.1. The van der Waals surface area contributed by atoms with Crippen molar-refractivity contribution < 1.29 is 9.18 Å². The molecular formula is C19H19FN4O. The monoisotopic (exact) mass is 338 g/mol. The topological polar surface area (TPSA) is 68.2 Å². The van der Waals surface area contributed by atoms with E-state index < -0.39 is 5.82 Å². The molecule has 6 heteroatoms. The maximum Gasteiger partial charge on any atom is 0.319 e. The molecule has 5 nitrogen and oxygen atoms in total. The molecule has 1 heterocycles. The smallest absolute Gasteiger partial charge is 0.319 e. The molecule has 25 heavy (non-hydrogen) atoms. The minimum Gasteiger partial charge on any atom is -0.371 e. The van der Waals surface area contributed by atoms with Gasteiger partial charge in [0.05, 0.1) is 11.3 Å². The second-order valence-corrected chi connectivity index (χ2v) is 6.07. The van der Waals surface area contributed by atoms with Crippen LogP contribution in [0.1, 0.15) is 12.0 Å². The van der Waals surface area contributed by atoms with Crippen LogP contribution in [0.3, 0.4) is 0 Å². The lowest BCUT2D eigenvalue weighted by atomic mass is 10.1. The summed E-state index contributed by atoms with van der Waals surface area (Å²) in [5.74, 6) is -0.135. The molecule has 2 N–H and O–H groups in total. The van der Waals surface area contributed by atoms with E-state index in [4.69, 9.17) is 5.26 Å². The van der Waals surface area contributed by atoms with E-state index in [2.05, 4.69) is 27.7 Å². The van der Waals surface area contributed by atoms with Gasteiger partial charge in [-0.25, -0.2) is 9.18 Å². The van der Waals surface area contributed by atoms with E-state index >= 15 is 0 Å². The third-order valence-corrected chi connectivity index (χ3v) is 4.31. The van der Waals surface area contributed by atoms with Crippen molar-refractivity contribution in [1.29, 1.82) is 5.26 Å². The number of carbonyl (C=O) groups excluding carboxylic acids is 1. The van der Waals surface area contributed by atoms with Gasteiger partial charge in [0.2, 0.25) is 0 Å². The summed E-state index contributed by atoms with van der Waals surface area (Å²) in [6, 6.07) is 15.4. The Morgan fingerprint density at radius 3 is 2.84 bits per heavy atom. The third-order valence-electron chi connectivity index (χ3n) is 4.31. The number of para-hydroxylation sites is 1. The van der Waals surface area contributed by atoms with Gasteiger partial charge in [-0.15, -0.1) is 0 Å².